The van der Waals surface area contributed by atoms with E-state index < -0.39 is 36.3 Å². The van der Waals surface area contributed by atoms with Crippen molar-refractivity contribution in [3.63, 3.8) is 0 Å². The third-order valence-electron chi connectivity index (χ3n) is 2.88. The van der Waals surface area contributed by atoms with Gasteiger partial charge >= 0.3 is 12.1 Å². The number of likely N-dealkylation sites (N-methyl/N-ethyl adjacent to an activating group) is 1. The zero-order chi connectivity index (χ0) is 16.2. The molecule has 1 atom stereocenters. The van der Waals surface area contributed by atoms with Crippen LogP contribution in [0.25, 0.3) is 0 Å². The van der Waals surface area contributed by atoms with E-state index >= 15 is 0 Å². The second kappa shape index (κ2) is 6.47. The lowest BCUT2D eigenvalue weighted by Crippen LogP contribution is -2.42. The summed E-state index contributed by atoms with van der Waals surface area (Å²) in [6, 6.07) is 2.84. The Bertz CT molecular complexity index is 513. The minimum Gasteiger partial charge on any atom is -0.484 e. The van der Waals surface area contributed by atoms with Crippen molar-refractivity contribution in [3.05, 3.63) is 29.8 Å². The van der Waals surface area contributed by atoms with E-state index in [2.05, 4.69) is 0 Å². The quantitative estimate of drug-likeness (QED) is 0.903. The number of carbonyl (C=O) groups is 2. The van der Waals surface area contributed by atoms with Crippen LogP contribution in [0.4, 0.5) is 13.2 Å². The third kappa shape index (κ3) is 4.66. The lowest BCUT2D eigenvalue weighted by Gasteiger charge is -2.21. The first-order valence-electron chi connectivity index (χ1n) is 5.91. The molecule has 0 aliphatic rings. The minimum absolute atomic E-state index is 0.0905. The van der Waals surface area contributed by atoms with E-state index in [1.165, 1.54) is 14.0 Å². The maximum Gasteiger partial charge on any atom is 0.416 e. The van der Waals surface area contributed by atoms with Crippen LogP contribution >= 0.6 is 0 Å². The van der Waals surface area contributed by atoms with Crippen LogP contribution in [0.15, 0.2) is 24.3 Å². The summed E-state index contributed by atoms with van der Waals surface area (Å²) in [7, 11) is 1.30. The topological polar surface area (TPSA) is 66.8 Å². The van der Waals surface area contributed by atoms with Gasteiger partial charge in [-0.05, 0) is 31.2 Å². The van der Waals surface area contributed by atoms with Gasteiger partial charge in [-0.1, -0.05) is 0 Å². The van der Waals surface area contributed by atoms with Gasteiger partial charge in [0.1, 0.15) is 11.8 Å². The van der Waals surface area contributed by atoms with E-state index in [0.717, 1.165) is 29.2 Å². The molecule has 0 radical (unpaired) electrons. The van der Waals surface area contributed by atoms with E-state index in [1.807, 2.05) is 0 Å². The van der Waals surface area contributed by atoms with Crippen LogP contribution in [-0.2, 0) is 15.8 Å². The molecule has 1 aromatic carbocycles. The first-order chi connectivity index (χ1) is 9.62. The van der Waals surface area contributed by atoms with Crippen molar-refractivity contribution in [1.82, 2.24) is 4.90 Å². The van der Waals surface area contributed by atoms with Gasteiger partial charge in [0.2, 0.25) is 0 Å². The maximum atomic E-state index is 12.3. The summed E-state index contributed by atoms with van der Waals surface area (Å²) in [6.07, 6.45) is -4.44. The van der Waals surface area contributed by atoms with Crippen LogP contribution in [0.1, 0.15) is 12.5 Å². The van der Waals surface area contributed by atoms with Crippen LogP contribution in [0.2, 0.25) is 0 Å². The average Bonchev–Trinajstić information content (AvgIpc) is 2.42. The lowest BCUT2D eigenvalue weighted by molar-refractivity contribution is -0.148. The molecule has 1 N–H and O–H groups in total. The van der Waals surface area contributed by atoms with Crippen molar-refractivity contribution in [1.29, 1.82) is 0 Å². The molecule has 1 unspecified atom stereocenters. The molecule has 5 nitrogen and oxygen atoms in total. The summed E-state index contributed by atoms with van der Waals surface area (Å²) < 4.78 is 42.1. The predicted molar refractivity (Wildman–Crippen MR) is 66.8 cm³/mol. The Morgan fingerprint density at radius 2 is 1.81 bits per heavy atom. The predicted octanol–water partition coefficient (Wildman–Crippen LogP) is 2.02. The van der Waals surface area contributed by atoms with E-state index in [9.17, 15) is 22.8 Å². The van der Waals surface area contributed by atoms with Gasteiger partial charge in [-0.15, -0.1) is 0 Å². The number of carbonyl (C=O) groups excluding carboxylic acids is 1. The third-order valence-corrected chi connectivity index (χ3v) is 2.88. The molecule has 8 heteroatoms. The molecule has 21 heavy (non-hydrogen) atoms. The van der Waals surface area contributed by atoms with Gasteiger partial charge < -0.3 is 14.7 Å². The van der Waals surface area contributed by atoms with E-state index in [4.69, 9.17) is 9.84 Å². The smallest absolute Gasteiger partial charge is 0.416 e. The van der Waals surface area contributed by atoms with Crippen LogP contribution in [0, 0.1) is 0 Å². The molecule has 0 fully saturated rings. The van der Waals surface area contributed by atoms with Crippen LogP contribution in [0.3, 0.4) is 0 Å². The van der Waals surface area contributed by atoms with Gasteiger partial charge in [0.15, 0.2) is 6.61 Å². The fourth-order valence-corrected chi connectivity index (χ4v) is 1.37. The Morgan fingerprint density at radius 3 is 2.24 bits per heavy atom. The monoisotopic (exact) mass is 305 g/mol. The van der Waals surface area contributed by atoms with Gasteiger partial charge in [-0.2, -0.15) is 13.2 Å². The number of carboxylic acids is 1. The lowest BCUT2D eigenvalue weighted by atomic mass is 10.2. The standard InChI is InChI=1S/C13H14F3NO4/c1-8(12(19)20)17(2)11(18)7-21-10-5-3-9(4-6-10)13(14,15)16/h3-6,8H,7H2,1-2H3,(H,19,20). The number of nitrogens with zero attached hydrogens (tertiary/aromatic N) is 1. The highest BCUT2D eigenvalue weighted by molar-refractivity contribution is 5.84. The van der Waals surface area contributed by atoms with E-state index in [-0.39, 0.29) is 5.75 Å². The molecule has 0 saturated carbocycles. The molecule has 0 aromatic heterocycles. The number of amides is 1. The van der Waals surface area contributed by atoms with Crippen molar-refractivity contribution in [2.24, 2.45) is 0 Å². The minimum atomic E-state index is -4.44. The number of carboxylic acid groups (broad SMARTS) is 1. The highest BCUT2D eigenvalue weighted by atomic mass is 19.4. The molecule has 0 spiro atoms. The number of ether oxygens (including phenoxy) is 1. The van der Waals surface area contributed by atoms with Gasteiger partial charge in [0.25, 0.3) is 5.91 Å². The Hall–Kier alpha value is -2.25. The molecule has 0 aliphatic heterocycles. The molecule has 0 heterocycles. The molecule has 1 aromatic rings. The molecular formula is C13H14F3NO4. The Balaban J connectivity index is 2.59. The van der Waals surface area contributed by atoms with Crippen LogP contribution < -0.4 is 4.74 Å². The summed E-state index contributed by atoms with van der Waals surface area (Å²) >= 11 is 0. The molecule has 0 bridgehead atoms. The summed E-state index contributed by atoms with van der Waals surface area (Å²) in [5.74, 6) is -1.67. The number of benzene rings is 1. The number of hydrogen-bond acceptors (Lipinski definition) is 3. The Kier molecular flexibility index (Phi) is 5.17. The maximum absolute atomic E-state index is 12.3. The highest BCUT2D eigenvalue weighted by Crippen LogP contribution is 2.30. The van der Waals surface area contributed by atoms with Crippen LogP contribution in [0.5, 0.6) is 5.75 Å². The van der Waals surface area contributed by atoms with Crippen LogP contribution in [-0.4, -0.2) is 41.6 Å². The summed E-state index contributed by atoms with van der Waals surface area (Å²) in [5, 5.41) is 8.75. The second-order valence-electron chi connectivity index (χ2n) is 4.33. The van der Waals surface area contributed by atoms with Crippen molar-refractivity contribution >= 4 is 11.9 Å². The molecule has 1 amide bonds. The van der Waals surface area contributed by atoms with Gasteiger partial charge in [0.05, 0.1) is 5.56 Å². The molecule has 116 valence electrons. The summed E-state index contributed by atoms with van der Waals surface area (Å²) in [4.78, 5) is 23.3. The Morgan fingerprint density at radius 1 is 1.29 bits per heavy atom. The molecule has 0 aliphatic carbocycles. The molecule has 0 saturated heterocycles. The number of alkyl halides is 3. The van der Waals surface area contributed by atoms with E-state index in [1.54, 1.807) is 0 Å². The number of halogens is 3. The number of aliphatic carboxylic acids is 1. The fraction of sp³-hybridized carbons (Fsp3) is 0.385. The SMILES string of the molecule is CC(C(=O)O)N(C)C(=O)COc1ccc(C(F)(F)F)cc1. The largest absolute Gasteiger partial charge is 0.484 e. The normalized spacial score (nSPS) is 12.6. The number of hydrogen-bond donors (Lipinski definition) is 1. The number of rotatable bonds is 5. The average molecular weight is 305 g/mol. The van der Waals surface area contributed by atoms with Crippen molar-refractivity contribution in [2.45, 2.75) is 19.1 Å². The zero-order valence-electron chi connectivity index (χ0n) is 11.3. The van der Waals surface area contributed by atoms with Gasteiger partial charge in [-0.3, -0.25) is 4.79 Å². The van der Waals surface area contributed by atoms with E-state index in [0.29, 0.717) is 0 Å². The fourth-order valence-electron chi connectivity index (χ4n) is 1.37. The Labute approximate surface area is 118 Å². The van der Waals surface area contributed by atoms with Gasteiger partial charge in [0, 0.05) is 7.05 Å². The molecule has 1 rings (SSSR count). The summed E-state index contributed by atoms with van der Waals surface area (Å²) in [5.41, 5.74) is -0.821. The second-order valence-corrected chi connectivity index (χ2v) is 4.33. The highest BCUT2D eigenvalue weighted by Gasteiger charge is 2.30. The molecular weight excluding hydrogens is 291 g/mol. The van der Waals surface area contributed by atoms with Gasteiger partial charge in [-0.25, -0.2) is 4.79 Å². The van der Waals surface area contributed by atoms with Crippen molar-refractivity contribution in [2.75, 3.05) is 13.7 Å². The summed E-state index contributed by atoms with van der Waals surface area (Å²) in [6.45, 7) is 0.873. The van der Waals surface area contributed by atoms with Crippen molar-refractivity contribution in [3.8, 4) is 5.75 Å². The zero-order valence-corrected chi connectivity index (χ0v) is 11.3. The first kappa shape index (κ1) is 16.8. The van der Waals surface area contributed by atoms with Crippen molar-refractivity contribution < 1.29 is 32.6 Å². The first-order valence-corrected chi connectivity index (χ1v) is 5.91.